The van der Waals surface area contributed by atoms with Crippen molar-refractivity contribution in [1.29, 1.82) is 0 Å². The van der Waals surface area contributed by atoms with Gasteiger partial charge in [0.1, 0.15) is 0 Å². The smallest absolute Gasteiger partial charge is 0.328 e. The van der Waals surface area contributed by atoms with Gasteiger partial charge in [-0.15, -0.1) is 0 Å². The summed E-state index contributed by atoms with van der Waals surface area (Å²) in [4.78, 5) is 21.0. The Labute approximate surface area is 80.7 Å². The first-order valence-corrected chi connectivity index (χ1v) is 3.90. The maximum Gasteiger partial charge on any atom is 0.328 e. The molecule has 0 saturated carbocycles. The van der Waals surface area contributed by atoms with Crippen LogP contribution < -0.4 is 5.73 Å². The van der Waals surface area contributed by atoms with E-state index in [1.165, 1.54) is 12.1 Å². The number of aliphatic carboxylic acids is 1. The van der Waals surface area contributed by atoms with Gasteiger partial charge in [0.25, 0.3) is 0 Å². The SMILES string of the molecule is NC(=O)c1cccc(C=CC(=O)O)c1. The molecule has 0 unspecified atom stereocenters. The Balaban J connectivity index is 2.94. The molecule has 0 bridgehead atoms. The van der Waals surface area contributed by atoms with Crippen LogP contribution in [-0.4, -0.2) is 17.0 Å². The van der Waals surface area contributed by atoms with E-state index in [0.717, 1.165) is 6.08 Å². The predicted octanol–water partition coefficient (Wildman–Crippen LogP) is 0.883. The standard InChI is InChI=1S/C10H9NO3/c11-10(14)8-3-1-2-7(6-8)4-5-9(12)13/h1-6H,(H2,11,14)(H,12,13). The van der Waals surface area contributed by atoms with E-state index in [0.29, 0.717) is 11.1 Å². The molecule has 0 aromatic heterocycles. The summed E-state index contributed by atoms with van der Waals surface area (Å²) in [6, 6.07) is 6.43. The number of carboxylic acid groups (broad SMARTS) is 1. The van der Waals surface area contributed by atoms with Crippen LogP contribution in [-0.2, 0) is 4.79 Å². The highest BCUT2D eigenvalue weighted by molar-refractivity contribution is 5.93. The molecular formula is C10H9NO3. The fourth-order valence-electron chi connectivity index (χ4n) is 0.963. The lowest BCUT2D eigenvalue weighted by molar-refractivity contribution is -0.131. The van der Waals surface area contributed by atoms with Crippen molar-refractivity contribution in [3.05, 3.63) is 41.5 Å². The first kappa shape index (κ1) is 9.98. The molecule has 0 aliphatic heterocycles. The summed E-state index contributed by atoms with van der Waals surface area (Å²) in [6.45, 7) is 0. The molecule has 14 heavy (non-hydrogen) atoms. The minimum absolute atomic E-state index is 0.359. The van der Waals surface area contributed by atoms with Crippen molar-refractivity contribution in [3.63, 3.8) is 0 Å². The van der Waals surface area contributed by atoms with Crippen molar-refractivity contribution in [2.45, 2.75) is 0 Å². The molecule has 0 atom stereocenters. The minimum Gasteiger partial charge on any atom is -0.478 e. The van der Waals surface area contributed by atoms with E-state index in [1.807, 2.05) is 0 Å². The molecule has 1 rings (SSSR count). The molecule has 0 radical (unpaired) electrons. The van der Waals surface area contributed by atoms with E-state index in [2.05, 4.69) is 0 Å². The highest BCUT2D eigenvalue weighted by Crippen LogP contribution is 2.06. The van der Waals surface area contributed by atoms with Crippen LogP contribution in [0.15, 0.2) is 30.3 Å². The van der Waals surface area contributed by atoms with Gasteiger partial charge in [0.05, 0.1) is 0 Å². The molecule has 3 N–H and O–H groups in total. The number of carbonyl (C=O) groups excluding carboxylic acids is 1. The summed E-state index contributed by atoms with van der Waals surface area (Å²) in [5.41, 5.74) is 6.05. The zero-order valence-corrected chi connectivity index (χ0v) is 7.31. The average molecular weight is 191 g/mol. The van der Waals surface area contributed by atoms with Crippen LogP contribution in [0.5, 0.6) is 0 Å². The van der Waals surface area contributed by atoms with Crippen LogP contribution in [0.4, 0.5) is 0 Å². The van der Waals surface area contributed by atoms with Gasteiger partial charge >= 0.3 is 5.97 Å². The number of carbonyl (C=O) groups is 2. The third-order valence-electron chi connectivity index (χ3n) is 1.59. The summed E-state index contributed by atoms with van der Waals surface area (Å²) in [5.74, 6) is -1.56. The Morgan fingerprint density at radius 2 is 2.07 bits per heavy atom. The first-order chi connectivity index (χ1) is 6.59. The Kier molecular flexibility index (Phi) is 3.01. The van der Waals surface area contributed by atoms with Gasteiger partial charge < -0.3 is 10.8 Å². The zero-order valence-electron chi connectivity index (χ0n) is 7.31. The quantitative estimate of drug-likeness (QED) is 0.696. The Hall–Kier alpha value is -2.10. The van der Waals surface area contributed by atoms with Crippen molar-refractivity contribution < 1.29 is 14.7 Å². The fraction of sp³-hybridized carbons (Fsp3) is 0. The third-order valence-corrected chi connectivity index (χ3v) is 1.59. The van der Waals surface area contributed by atoms with Crippen LogP contribution in [0.1, 0.15) is 15.9 Å². The molecule has 0 fully saturated rings. The highest BCUT2D eigenvalue weighted by Gasteiger charge is 1.99. The summed E-state index contributed by atoms with van der Waals surface area (Å²) < 4.78 is 0. The minimum atomic E-state index is -1.03. The molecule has 72 valence electrons. The normalized spacial score (nSPS) is 10.3. The van der Waals surface area contributed by atoms with Crippen molar-refractivity contribution >= 4 is 18.0 Å². The van der Waals surface area contributed by atoms with Crippen molar-refractivity contribution in [2.75, 3.05) is 0 Å². The summed E-state index contributed by atoms with van der Waals surface area (Å²) in [6.07, 6.45) is 2.40. The van der Waals surface area contributed by atoms with Gasteiger partial charge in [-0.1, -0.05) is 12.1 Å². The van der Waals surface area contributed by atoms with Crippen LogP contribution >= 0.6 is 0 Å². The Morgan fingerprint density at radius 1 is 1.36 bits per heavy atom. The van der Waals surface area contributed by atoms with Gasteiger partial charge in [0, 0.05) is 11.6 Å². The molecule has 0 heterocycles. The molecule has 1 amide bonds. The average Bonchev–Trinajstić information content (AvgIpc) is 2.15. The third kappa shape index (κ3) is 2.75. The van der Waals surface area contributed by atoms with Crippen LogP contribution in [0.2, 0.25) is 0 Å². The van der Waals surface area contributed by atoms with E-state index in [1.54, 1.807) is 18.2 Å². The lowest BCUT2D eigenvalue weighted by Gasteiger charge is -1.96. The van der Waals surface area contributed by atoms with Gasteiger partial charge in [-0.3, -0.25) is 4.79 Å². The highest BCUT2D eigenvalue weighted by atomic mass is 16.4. The van der Waals surface area contributed by atoms with E-state index < -0.39 is 11.9 Å². The number of nitrogens with two attached hydrogens (primary N) is 1. The van der Waals surface area contributed by atoms with Crippen LogP contribution in [0.3, 0.4) is 0 Å². The Morgan fingerprint density at radius 3 is 2.64 bits per heavy atom. The molecule has 0 spiro atoms. The summed E-state index contributed by atoms with van der Waals surface area (Å²) in [7, 11) is 0. The molecule has 0 saturated heterocycles. The number of hydrogen-bond acceptors (Lipinski definition) is 2. The monoisotopic (exact) mass is 191 g/mol. The number of hydrogen-bond donors (Lipinski definition) is 2. The lowest BCUT2D eigenvalue weighted by Crippen LogP contribution is -2.10. The van der Waals surface area contributed by atoms with Gasteiger partial charge in [0.2, 0.25) is 5.91 Å². The second-order valence-corrected chi connectivity index (χ2v) is 2.66. The second kappa shape index (κ2) is 4.23. The summed E-state index contributed by atoms with van der Waals surface area (Å²) >= 11 is 0. The number of carboxylic acids is 1. The maximum atomic E-state index is 10.8. The van der Waals surface area contributed by atoms with Crippen LogP contribution in [0.25, 0.3) is 6.08 Å². The van der Waals surface area contributed by atoms with Gasteiger partial charge in [-0.2, -0.15) is 0 Å². The molecule has 0 aliphatic rings. The second-order valence-electron chi connectivity index (χ2n) is 2.66. The largest absolute Gasteiger partial charge is 0.478 e. The molecule has 0 aliphatic carbocycles. The molecule has 4 heteroatoms. The first-order valence-electron chi connectivity index (χ1n) is 3.90. The maximum absolute atomic E-state index is 10.8. The van der Waals surface area contributed by atoms with E-state index >= 15 is 0 Å². The predicted molar refractivity (Wildman–Crippen MR) is 51.6 cm³/mol. The van der Waals surface area contributed by atoms with E-state index in [9.17, 15) is 9.59 Å². The molecule has 1 aromatic carbocycles. The van der Waals surface area contributed by atoms with Crippen molar-refractivity contribution in [2.24, 2.45) is 5.73 Å². The topological polar surface area (TPSA) is 80.4 Å². The van der Waals surface area contributed by atoms with E-state index in [4.69, 9.17) is 10.8 Å². The lowest BCUT2D eigenvalue weighted by atomic mass is 10.1. The fourth-order valence-corrected chi connectivity index (χ4v) is 0.963. The molecular weight excluding hydrogens is 182 g/mol. The van der Waals surface area contributed by atoms with E-state index in [-0.39, 0.29) is 0 Å². The van der Waals surface area contributed by atoms with Crippen molar-refractivity contribution in [3.8, 4) is 0 Å². The zero-order chi connectivity index (χ0) is 10.6. The van der Waals surface area contributed by atoms with Crippen molar-refractivity contribution in [1.82, 2.24) is 0 Å². The van der Waals surface area contributed by atoms with Crippen LogP contribution in [0, 0.1) is 0 Å². The van der Waals surface area contributed by atoms with Gasteiger partial charge in [-0.05, 0) is 23.8 Å². The molecule has 4 nitrogen and oxygen atoms in total. The van der Waals surface area contributed by atoms with Gasteiger partial charge in [0.15, 0.2) is 0 Å². The number of benzene rings is 1. The number of amides is 1. The number of primary amides is 1. The Bertz CT molecular complexity index is 396. The summed E-state index contributed by atoms with van der Waals surface area (Å²) in [5, 5.41) is 8.37. The number of rotatable bonds is 3. The van der Waals surface area contributed by atoms with Gasteiger partial charge in [-0.25, -0.2) is 4.79 Å². The molecule has 1 aromatic rings.